The van der Waals surface area contributed by atoms with Gasteiger partial charge in [-0.2, -0.15) is 0 Å². The summed E-state index contributed by atoms with van der Waals surface area (Å²) in [6, 6.07) is 14.4. The molecule has 0 aromatic heterocycles. The highest BCUT2D eigenvalue weighted by molar-refractivity contribution is 9.10. The molecular formula is C19H19BrN2O4. The lowest BCUT2D eigenvalue weighted by Gasteiger charge is -2.28. The fourth-order valence-electron chi connectivity index (χ4n) is 2.60. The molecule has 0 spiro atoms. The lowest BCUT2D eigenvalue weighted by molar-refractivity contribution is -0.119. The van der Waals surface area contributed by atoms with Gasteiger partial charge in [0.15, 0.2) is 6.61 Å². The van der Waals surface area contributed by atoms with Crippen LogP contribution >= 0.6 is 15.9 Å². The zero-order valence-electron chi connectivity index (χ0n) is 14.1. The summed E-state index contributed by atoms with van der Waals surface area (Å²) in [6.45, 7) is 2.83. The second kappa shape index (κ2) is 8.82. The van der Waals surface area contributed by atoms with Crippen molar-refractivity contribution in [2.75, 3.05) is 43.1 Å². The molecule has 0 unspecified atom stereocenters. The summed E-state index contributed by atoms with van der Waals surface area (Å²) in [5.74, 6) is -0.920. The Morgan fingerprint density at radius 2 is 1.85 bits per heavy atom. The van der Waals surface area contributed by atoms with Crippen LogP contribution in [0.3, 0.4) is 0 Å². The van der Waals surface area contributed by atoms with Gasteiger partial charge in [-0.15, -0.1) is 0 Å². The molecule has 3 rings (SSSR count). The highest BCUT2D eigenvalue weighted by Crippen LogP contribution is 2.19. The van der Waals surface area contributed by atoms with Crippen molar-refractivity contribution in [3.05, 3.63) is 58.6 Å². The van der Waals surface area contributed by atoms with E-state index in [1.165, 1.54) is 0 Å². The first kappa shape index (κ1) is 18.4. The third kappa shape index (κ3) is 5.06. The summed E-state index contributed by atoms with van der Waals surface area (Å²) in [4.78, 5) is 26.1. The fourth-order valence-corrected chi connectivity index (χ4v) is 3.00. The Morgan fingerprint density at radius 1 is 1.12 bits per heavy atom. The minimum atomic E-state index is -0.538. The Labute approximate surface area is 160 Å². The molecule has 1 aliphatic rings. The van der Waals surface area contributed by atoms with Gasteiger partial charge < -0.3 is 19.7 Å². The predicted octanol–water partition coefficient (Wildman–Crippen LogP) is 3.08. The molecule has 2 aromatic rings. The van der Waals surface area contributed by atoms with Gasteiger partial charge in [0.25, 0.3) is 5.91 Å². The normalized spacial score (nSPS) is 14.0. The van der Waals surface area contributed by atoms with Gasteiger partial charge in [-0.25, -0.2) is 4.79 Å². The van der Waals surface area contributed by atoms with E-state index in [0.717, 1.165) is 36.5 Å². The van der Waals surface area contributed by atoms with Crippen LogP contribution in [0.1, 0.15) is 10.4 Å². The number of morpholine rings is 1. The second-order valence-electron chi connectivity index (χ2n) is 5.78. The average Bonchev–Trinajstić information content (AvgIpc) is 2.67. The summed E-state index contributed by atoms with van der Waals surface area (Å²) >= 11 is 3.29. The summed E-state index contributed by atoms with van der Waals surface area (Å²) in [6.07, 6.45) is 0. The molecule has 1 aliphatic heterocycles. The molecule has 6 nitrogen and oxygen atoms in total. The Morgan fingerprint density at radius 3 is 2.54 bits per heavy atom. The van der Waals surface area contributed by atoms with E-state index in [2.05, 4.69) is 26.1 Å². The highest BCUT2D eigenvalue weighted by Gasteiger charge is 2.12. The Bertz CT molecular complexity index is 773. The third-order valence-electron chi connectivity index (χ3n) is 3.92. The average molecular weight is 419 g/mol. The van der Waals surface area contributed by atoms with Gasteiger partial charge in [-0.1, -0.05) is 22.0 Å². The first-order valence-electron chi connectivity index (χ1n) is 8.27. The molecule has 1 fully saturated rings. The van der Waals surface area contributed by atoms with Crippen LogP contribution in [0.25, 0.3) is 0 Å². The van der Waals surface area contributed by atoms with E-state index in [0.29, 0.717) is 11.3 Å². The fraction of sp³-hybridized carbons (Fsp3) is 0.263. The van der Waals surface area contributed by atoms with Crippen molar-refractivity contribution in [3.63, 3.8) is 0 Å². The Hall–Kier alpha value is -2.38. The first-order chi connectivity index (χ1) is 12.6. The summed E-state index contributed by atoms with van der Waals surface area (Å²) < 4.78 is 11.2. The number of esters is 1. The minimum absolute atomic E-state index is 0.337. The van der Waals surface area contributed by atoms with Crippen LogP contribution in [-0.4, -0.2) is 44.8 Å². The van der Waals surface area contributed by atoms with E-state index in [4.69, 9.17) is 9.47 Å². The van der Waals surface area contributed by atoms with E-state index >= 15 is 0 Å². The molecular weight excluding hydrogens is 400 g/mol. The third-order valence-corrected chi connectivity index (χ3v) is 4.42. The number of amides is 1. The summed E-state index contributed by atoms with van der Waals surface area (Å²) in [5.41, 5.74) is 2.14. The van der Waals surface area contributed by atoms with Gasteiger partial charge in [-0.05, 0) is 42.5 Å². The van der Waals surface area contributed by atoms with Crippen LogP contribution in [0.4, 0.5) is 11.4 Å². The molecule has 136 valence electrons. The first-order valence-corrected chi connectivity index (χ1v) is 9.06. The van der Waals surface area contributed by atoms with Crippen LogP contribution in [0.15, 0.2) is 53.0 Å². The number of halogens is 1. The van der Waals surface area contributed by atoms with Gasteiger partial charge in [0.05, 0.1) is 18.8 Å². The molecule has 2 aromatic carbocycles. The largest absolute Gasteiger partial charge is 0.452 e. The number of hydrogen-bond donors (Lipinski definition) is 1. The van der Waals surface area contributed by atoms with Crippen molar-refractivity contribution in [3.8, 4) is 0 Å². The van der Waals surface area contributed by atoms with Gasteiger partial charge in [0.1, 0.15) is 0 Å². The maximum atomic E-state index is 12.0. The summed E-state index contributed by atoms with van der Waals surface area (Å²) in [5, 5.41) is 2.72. The van der Waals surface area contributed by atoms with Crippen LogP contribution in [0.5, 0.6) is 0 Å². The number of hydrogen-bond acceptors (Lipinski definition) is 5. The molecule has 26 heavy (non-hydrogen) atoms. The van der Waals surface area contributed by atoms with Crippen LogP contribution < -0.4 is 10.2 Å². The van der Waals surface area contributed by atoms with Crippen molar-refractivity contribution in [1.29, 1.82) is 0 Å². The molecule has 1 heterocycles. The molecule has 0 saturated carbocycles. The zero-order chi connectivity index (χ0) is 18.4. The molecule has 1 N–H and O–H groups in total. The molecule has 7 heteroatoms. The lowest BCUT2D eigenvalue weighted by atomic mass is 10.2. The highest BCUT2D eigenvalue weighted by atomic mass is 79.9. The molecule has 0 bridgehead atoms. The smallest absolute Gasteiger partial charge is 0.338 e. The van der Waals surface area contributed by atoms with E-state index < -0.39 is 5.97 Å². The molecule has 0 aliphatic carbocycles. The van der Waals surface area contributed by atoms with Crippen molar-refractivity contribution >= 4 is 39.2 Å². The van der Waals surface area contributed by atoms with Crippen LogP contribution in [0, 0.1) is 0 Å². The van der Waals surface area contributed by atoms with Crippen molar-refractivity contribution in [2.45, 2.75) is 0 Å². The Balaban J connectivity index is 1.49. The molecule has 1 amide bonds. The second-order valence-corrected chi connectivity index (χ2v) is 6.70. The number of nitrogens with zero attached hydrogens (tertiary/aromatic N) is 1. The minimum Gasteiger partial charge on any atom is -0.452 e. The van der Waals surface area contributed by atoms with Crippen LogP contribution in [-0.2, 0) is 14.3 Å². The maximum absolute atomic E-state index is 12.0. The quantitative estimate of drug-likeness (QED) is 0.755. The van der Waals surface area contributed by atoms with Crippen molar-refractivity contribution in [1.82, 2.24) is 0 Å². The zero-order valence-corrected chi connectivity index (χ0v) is 15.7. The molecule has 0 radical (unpaired) electrons. The maximum Gasteiger partial charge on any atom is 0.338 e. The van der Waals surface area contributed by atoms with E-state index in [9.17, 15) is 9.59 Å². The lowest BCUT2D eigenvalue weighted by Crippen LogP contribution is -2.36. The number of nitrogens with one attached hydrogen (secondary N) is 1. The number of carbonyl (C=O) groups excluding carboxylic acids is 2. The van der Waals surface area contributed by atoms with Gasteiger partial charge in [0, 0.05) is 28.9 Å². The number of benzene rings is 2. The summed E-state index contributed by atoms with van der Waals surface area (Å²) in [7, 11) is 0. The molecule has 0 atom stereocenters. The van der Waals surface area contributed by atoms with Gasteiger partial charge in [0.2, 0.25) is 0 Å². The number of ether oxygens (including phenoxy) is 2. The van der Waals surface area contributed by atoms with Crippen LogP contribution in [0.2, 0.25) is 0 Å². The van der Waals surface area contributed by atoms with Gasteiger partial charge >= 0.3 is 5.97 Å². The number of anilines is 2. The van der Waals surface area contributed by atoms with Crippen molar-refractivity contribution in [2.24, 2.45) is 0 Å². The topological polar surface area (TPSA) is 67.9 Å². The number of rotatable bonds is 5. The number of carbonyl (C=O) groups is 2. The standard InChI is InChI=1S/C19H19BrN2O4/c20-15-3-1-2-14(12-15)19(24)26-13-18(23)21-16-4-6-17(7-5-16)22-8-10-25-11-9-22/h1-7,12H,8-11,13H2,(H,21,23). The van der Waals surface area contributed by atoms with Crippen molar-refractivity contribution < 1.29 is 19.1 Å². The van der Waals surface area contributed by atoms with Gasteiger partial charge in [-0.3, -0.25) is 4.79 Å². The van der Waals surface area contributed by atoms with E-state index in [1.807, 2.05) is 30.3 Å². The van der Waals surface area contributed by atoms with E-state index in [1.54, 1.807) is 18.2 Å². The molecule has 1 saturated heterocycles. The monoisotopic (exact) mass is 418 g/mol. The van der Waals surface area contributed by atoms with E-state index in [-0.39, 0.29) is 12.5 Å². The predicted molar refractivity (Wildman–Crippen MR) is 103 cm³/mol. The SMILES string of the molecule is O=C(COC(=O)c1cccc(Br)c1)Nc1ccc(N2CCOCC2)cc1. The Kier molecular flexibility index (Phi) is 6.25.